The smallest absolute Gasteiger partial charge is 0.236 e. The number of aryl methyl sites for hydroxylation is 1. The number of amides is 2. The van der Waals surface area contributed by atoms with E-state index in [1.807, 2.05) is 40.9 Å². The van der Waals surface area contributed by atoms with E-state index in [0.29, 0.717) is 32.6 Å². The molecule has 2 N–H and O–H groups in total. The third-order valence-electron chi connectivity index (χ3n) is 4.42. The van der Waals surface area contributed by atoms with Crippen LogP contribution >= 0.6 is 0 Å². The molecule has 3 rings (SSSR count). The fraction of sp³-hybridized carbons (Fsp3) is 0.438. The second-order valence-electron chi connectivity index (χ2n) is 5.92. The average Bonchev–Trinajstić information content (AvgIpc) is 2.96. The Bertz CT molecular complexity index is 726. The standard InChI is InChI=1S/C16H21N5O2/c1-19-8-9-20(11-14(19)16(17)23)15(22)6-7-21-13-5-3-2-4-12(13)10-18-21/h2-5,10,14H,6-9,11H2,1H3,(H2,17,23)/t14-/m0/s1. The zero-order valence-electron chi connectivity index (χ0n) is 13.2. The summed E-state index contributed by atoms with van der Waals surface area (Å²) in [4.78, 5) is 27.5. The van der Waals surface area contributed by atoms with Gasteiger partial charge in [-0.15, -0.1) is 0 Å². The van der Waals surface area contributed by atoms with Crippen LogP contribution in [0, 0.1) is 0 Å². The van der Waals surface area contributed by atoms with E-state index in [9.17, 15) is 9.59 Å². The van der Waals surface area contributed by atoms with Crippen LogP contribution in [0.25, 0.3) is 10.9 Å². The van der Waals surface area contributed by atoms with E-state index in [0.717, 1.165) is 10.9 Å². The van der Waals surface area contributed by atoms with E-state index in [4.69, 9.17) is 5.73 Å². The van der Waals surface area contributed by atoms with Crippen LogP contribution in [0.2, 0.25) is 0 Å². The number of hydrogen-bond donors (Lipinski definition) is 1. The highest BCUT2D eigenvalue weighted by Crippen LogP contribution is 2.14. The Kier molecular flexibility index (Phi) is 4.29. The van der Waals surface area contributed by atoms with Gasteiger partial charge in [-0.05, 0) is 13.1 Å². The van der Waals surface area contributed by atoms with Crippen LogP contribution in [0.4, 0.5) is 0 Å². The molecule has 0 spiro atoms. The molecule has 2 heterocycles. The third-order valence-corrected chi connectivity index (χ3v) is 4.42. The molecule has 1 aromatic carbocycles. The van der Waals surface area contributed by atoms with Crippen molar-refractivity contribution in [2.75, 3.05) is 26.7 Å². The molecule has 1 aliphatic heterocycles. The highest BCUT2D eigenvalue weighted by atomic mass is 16.2. The van der Waals surface area contributed by atoms with Crippen molar-refractivity contribution >= 4 is 22.7 Å². The summed E-state index contributed by atoms with van der Waals surface area (Å²) in [5, 5.41) is 5.39. The van der Waals surface area contributed by atoms with Crippen molar-refractivity contribution in [3.63, 3.8) is 0 Å². The maximum atomic E-state index is 12.4. The van der Waals surface area contributed by atoms with Crippen LogP contribution in [-0.2, 0) is 16.1 Å². The normalized spacial score (nSPS) is 19.2. The van der Waals surface area contributed by atoms with Crippen LogP contribution in [0.1, 0.15) is 6.42 Å². The largest absolute Gasteiger partial charge is 0.368 e. The van der Waals surface area contributed by atoms with Crippen molar-refractivity contribution in [1.82, 2.24) is 19.6 Å². The Hall–Kier alpha value is -2.41. The van der Waals surface area contributed by atoms with Gasteiger partial charge in [-0.25, -0.2) is 0 Å². The molecule has 0 bridgehead atoms. The van der Waals surface area contributed by atoms with Gasteiger partial charge in [-0.1, -0.05) is 18.2 Å². The Morgan fingerprint density at radius 3 is 2.87 bits per heavy atom. The third kappa shape index (κ3) is 3.19. The molecule has 7 nitrogen and oxygen atoms in total. The first kappa shape index (κ1) is 15.5. The minimum absolute atomic E-state index is 0.0314. The average molecular weight is 315 g/mol. The Balaban J connectivity index is 1.62. The molecule has 122 valence electrons. The predicted molar refractivity (Wildman–Crippen MR) is 86.5 cm³/mol. The van der Waals surface area contributed by atoms with Crippen molar-refractivity contribution in [3.05, 3.63) is 30.5 Å². The number of nitrogens with zero attached hydrogens (tertiary/aromatic N) is 4. The van der Waals surface area contributed by atoms with Crippen LogP contribution in [-0.4, -0.2) is 64.1 Å². The van der Waals surface area contributed by atoms with Gasteiger partial charge in [0, 0.05) is 31.4 Å². The van der Waals surface area contributed by atoms with E-state index in [1.165, 1.54) is 0 Å². The number of carbonyl (C=O) groups is 2. The Morgan fingerprint density at radius 2 is 2.09 bits per heavy atom. The Labute approximate surface area is 134 Å². The molecule has 1 aliphatic rings. The van der Waals surface area contributed by atoms with E-state index in [1.54, 1.807) is 11.1 Å². The molecule has 7 heteroatoms. The number of piperazine rings is 1. The zero-order valence-corrected chi connectivity index (χ0v) is 13.2. The number of para-hydroxylation sites is 1. The molecule has 1 fully saturated rings. The molecule has 0 radical (unpaired) electrons. The van der Waals surface area contributed by atoms with Gasteiger partial charge in [0.1, 0.15) is 6.04 Å². The van der Waals surface area contributed by atoms with Gasteiger partial charge in [-0.2, -0.15) is 5.10 Å². The second-order valence-corrected chi connectivity index (χ2v) is 5.92. The number of nitrogens with two attached hydrogens (primary N) is 1. The fourth-order valence-corrected chi connectivity index (χ4v) is 2.97. The van der Waals surface area contributed by atoms with Crippen LogP contribution in [0.15, 0.2) is 30.5 Å². The number of hydrogen-bond acceptors (Lipinski definition) is 4. The molecule has 0 saturated carbocycles. The van der Waals surface area contributed by atoms with Crippen molar-refractivity contribution in [2.45, 2.75) is 19.0 Å². The molecular formula is C16H21N5O2. The molecular weight excluding hydrogens is 294 g/mol. The maximum Gasteiger partial charge on any atom is 0.236 e. The number of benzene rings is 1. The van der Waals surface area contributed by atoms with Crippen molar-refractivity contribution in [2.24, 2.45) is 5.73 Å². The van der Waals surface area contributed by atoms with E-state index >= 15 is 0 Å². The van der Waals surface area contributed by atoms with Gasteiger partial charge in [0.2, 0.25) is 11.8 Å². The summed E-state index contributed by atoms with van der Waals surface area (Å²) in [6.45, 7) is 2.17. The minimum Gasteiger partial charge on any atom is -0.368 e. The van der Waals surface area contributed by atoms with Crippen molar-refractivity contribution in [1.29, 1.82) is 0 Å². The molecule has 1 saturated heterocycles. The number of rotatable bonds is 4. The lowest BCUT2D eigenvalue weighted by molar-refractivity contribution is -0.136. The van der Waals surface area contributed by atoms with Gasteiger partial charge in [0.15, 0.2) is 0 Å². The summed E-state index contributed by atoms with van der Waals surface area (Å²) in [6, 6.07) is 7.51. The zero-order chi connectivity index (χ0) is 16.4. The second kappa shape index (κ2) is 6.37. The molecule has 1 aromatic heterocycles. The molecule has 2 aromatic rings. The minimum atomic E-state index is -0.404. The van der Waals surface area contributed by atoms with Crippen molar-refractivity contribution in [3.8, 4) is 0 Å². The van der Waals surface area contributed by atoms with Crippen molar-refractivity contribution < 1.29 is 9.59 Å². The lowest BCUT2D eigenvalue weighted by atomic mass is 10.1. The van der Waals surface area contributed by atoms with Crippen LogP contribution in [0.3, 0.4) is 0 Å². The summed E-state index contributed by atoms with van der Waals surface area (Å²) in [5.41, 5.74) is 6.42. The highest BCUT2D eigenvalue weighted by molar-refractivity contribution is 5.82. The molecule has 0 aliphatic carbocycles. The van der Waals surface area contributed by atoms with Crippen LogP contribution in [0.5, 0.6) is 0 Å². The lowest BCUT2D eigenvalue weighted by Crippen LogP contribution is -2.57. The van der Waals surface area contributed by atoms with Gasteiger partial charge >= 0.3 is 0 Å². The first-order valence-corrected chi connectivity index (χ1v) is 7.74. The quantitative estimate of drug-likeness (QED) is 0.864. The van der Waals surface area contributed by atoms with E-state index in [-0.39, 0.29) is 11.8 Å². The maximum absolute atomic E-state index is 12.4. The summed E-state index contributed by atoms with van der Waals surface area (Å²) >= 11 is 0. The fourth-order valence-electron chi connectivity index (χ4n) is 2.97. The number of aromatic nitrogens is 2. The van der Waals surface area contributed by atoms with Gasteiger partial charge in [-0.3, -0.25) is 19.2 Å². The first-order chi connectivity index (χ1) is 11.1. The van der Waals surface area contributed by atoms with Crippen LogP contribution < -0.4 is 5.73 Å². The Morgan fingerprint density at radius 1 is 1.30 bits per heavy atom. The summed E-state index contributed by atoms with van der Waals surface area (Å²) in [7, 11) is 1.85. The number of primary amides is 1. The number of carbonyl (C=O) groups excluding carboxylic acids is 2. The summed E-state index contributed by atoms with van der Waals surface area (Å²) < 4.78 is 1.84. The summed E-state index contributed by atoms with van der Waals surface area (Å²) in [5.74, 6) is -0.355. The monoisotopic (exact) mass is 315 g/mol. The van der Waals surface area contributed by atoms with Gasteiger partial charge in [0.05, 0.1) is 18.3 Å². The molecule has 2 amide bonds. The van der Waals surface area contributed by atoms with Gasteiger partial charge in [0.25, 0.3) is 0 Å². The topological polar surface area (TPSA) is 84.5 Å². The number of likely N-dealkylation sites (N-methyl/N-ethyl adjacent to an activating group) is 1. The highest BCUT2D eigenvalue weighted by Gasteiger charge is 2.30. The molecule has 1 atom stereocenters. The predicted octanol–water partition coefficient (Wildman–Crippen LogP) is 0.0543. The molecule has 23 heavy (non-hydrogen) atoms. The van der Waals surface area contributed by atoms with Gasteiger partial charge < -0.3 is 10.6 Å². The van der Waals surface area contributed by atoms with E-state index < -0.39 is 6.04 Å². The summed E-state index contributed by atoms with van der Waals surface area (Å²) in [6.07, 6.45) is 2.17. The SMILES string of the molecule is CN1CCN(C(=O)CCn2ncc3ccccc32)C[C@H]1C(N)=O. The lowest BCUT2D eigenvalue weighted by Gasteiger charge is -2.37. The number of fused-ring (bicyclic) bond motifs is 1. The first-order valence-electron chi connectivity index (χ1n) is 7.74. The van der Waals surface area contributed by atoms with E-state index in [2.05, 4.69) is 5.10 Å². The molecule has 0 unspecified atom stereocenters.